The van der Waals surface area contributed by atoms with Crippen molar-refractivity contribution in [3.8, 4) is 0 Å². The van der Waals surface area contributed by atoms with E-state index in [1.54, 1.807) is 0 Å². The Hall–Kier alpha value is -0.520. The molecule has 6 atom stereocenters. The summed E-state index contributed by atoms with van der Waals surface area (Å²) in [7, 11) is 0. The SMILES string of the molecule is C1=CC2CC1CC2CCCCC1CC2C=CC1C2. The number of fused-ring (bicyclic) bond motifs is 4. The molecule has 0 radical (unpaired) electrons. The molecule has 0 nitrogen and oxygen atoms in total. The summed E-state index contributed by atoms with van der Waals surface area (Å²) >= 11 is 0. The second kappa shape index (κ2) is 4.54. The molecular weight excluding hydrogens is 216 g/mol. The van der Waals surface area contributed by atoms with Crippen LogP contribution in [0.4, 0.5) is 0 Å². The summed E-state index contributed by atoms with van der Waals surface area (Å²) < 4.78 is 0. The molecule has 0 N–H and O–H groups in total. The Morgan fingerprint density at radius 3 is 1.44 bits per heavy atom. The fraction of sp³-hybridized carbons (Fsp3) is 0.778. The average molecular weight is 242 g/mol. The van der Waals surface area contributed by atoms with E-state index in [0.29, 0.717) is 0 Å². The predicted octanol–water partition coefficient (Wildman–Crippen LogP) is 4.97. The lowest BCUT2D eigenvalue weighted by atomic mass is 9.85. The van der Waals surface area contributed by atoms with Gasteiger partial charge in [-0.05, 0) is 74.0 Å². The molecule has 0 spiro atoms. The zero-order valence-electron chi connectivity index (χ0n) is 11.4. The molecular formula is C18H26. The molecule has 0 aromatic rings. The van der Waals surface area contributed by atoms with Crippen molar-refractivity contribution in [1.29, 1.82) is 0 Å². The van der Waals surface area contributed by atoms with Crippen LogP contribution in [0.3, 0.4) is 0 Å². The van der Waals surface area contributed by atoms with Gasteiger partial charge in [-0.15, -0.1) is 0 Å². The first-order chi connectivity index (χ1) is 8.88. The maximum Gasteiger partial charge on any atom is -0.0199 e. The highest BCUT2D eigenvalue weighted by atomic mass is 14.4. The molecule has 98 valence electrons. The number of rotatable bonds is 5. The molecule has 4 bridgehead atoms. The standard InChI is InChI=1S/C18H26/c1(3-15-9-13-5-7-17(15)11-13)2-4-16-10-14-6-8-18(16)12-14/h5-8,13-18H,1-4,9-12H2. The van der Waals surface area contributed by atoms with Crippen LogP contribution in [0.5, 0.6) is 0 Å². The minimum Gasteiger partial charge on any atom is -0.0851 e. The van der Waals surface area contributed by atoms with Crippen LogP contribution >= 0.6 is 0 Å². The van der Waals surface area contributed by atoms with E-state index in [1.807, 2.05) is 0 Å². The number of allylic oxidation sites excluding steroid dienone is 4. The maximum absolute atomic E-state index is 2.51. The topological polar surface area (TPSA) is 0 Å². The highest BCUT2D eigenvalue weighted by molar-refractivity contribution is 5.10. The normalized spacial score (nSPS) is 47.6. The van der Waals surface area contributed by atoms with Gasteiger partial charge in [0.2, 0.25) is 0 Å². The molecule has 6 unspecified atom stereocenters. The third-order valence-corrected chi connectivity index (χ3v) is 6.23. The molecule has 0 heteroatoms. The second-order valence-corrected chi connectivity index (χ2v) is 7.37. The summed E-state index contributed by atoms with van der Waals surface area (Å²) in [6.07, 6.45) is 22.0. The van der Waals surface area contributed by atoms with Crippen molar-refractivity contribution >= 4 is 0 Å². The molecule has 0 amide bonds. The fourth-order valence-corrected chi connectivity index (χ4v) is 5.27. The third kappa shape index (κ3) is 1.98. The minimum atomic E-state index is 0.968. The van der Waals surface area contributed by atoms with E-state index < -0.39 is 0 Å². The average Bonchev–Trinajstić information content (AvgIpc) is 3.13. The molecule has 18 heavy (non-hydrogen) atoms. The van der Waals surface area contributed by atoms with Gasteiger partial charge in [0.05, 0.1) is 0 Å². The lowest BCUT2D eigenvalue weighted by Crippen LogP contribution is -2.09. The molecule has 4 rings (SSSR count). The van der Waals surface area contributed by atoms with E-state index >= 15 is 0 Å². The van der Waals surface area contributed by atoms with Crippen molar-refractivity contribution in [2.45, 2.75) is 51.4 Å². The molecule has 4 aliphatic rings. The Labute approximate surface area is 112 Å². The smallest absolute Gasteiger partial charge is 0.0199 e. The first-order valence-electron chi connectivity index (χ1n) is 8.25. The van der Waals surface area contributed by atoms with Crippen molar-refractivity contribution in [2.75, 3.05) is 0 Å². The van der Waals surface area contributed by atoms with E-state index in [2.05, 4.69) is 24.3 Å². The Morgan fingerprint density at radius 2 is 1.11 bits per heavy atom. The molecule has 0 aliphatic heterocycles. The van der Waals surface area contributed by atoms with Crippen LogP contribution in [0.25, 0.3) is 0 Å². The highest BCUT2D eigenvalue weighted by Gasteiger charge is 2.36. The summed E-state index contributed by atoms with van der Waals surface area (Å²) in [5, 5.41) is 0. The van der Waals surface area contributed by atoms with Gasteiger partial charge in [-0.3, -0.25) is 0 Å². The molecule has 0 aromatic heterocycles. The van der Waals surface area contributed by atoms with Gasteiger partial charge in [-0.2, -0.15) is 0 Å². The summed E-state index contributed by atoms with van der Waals surface area (Å²) in [6.45, 7) is 0. The van der Waals surface area contributed by atoms with Crippen molar-refractivity contribution in [3.63, 3.8) is 0 Å². The largest absolute Gasteiger partial charge is 0.0851 e. The Balaban J connectivity index is 1.17. The van der Waals surface area contributed by atoms with Crippen molar-refractivity contribution in [3.05, 3.63) is 24.3 Å². The number of hydrogen-bond acceptors (Lipinski definition) is 0. The van der Waals surface area contributed by atoms with Gasteiger partial charge in [0.25, 0.3) is 0 Å². The summed E-state index contributed by atoms with van der Waals surface area (Å²) in [5.41, 5.74) is 0. The molecule has 0 saturated heterocycles. The summed E-state index contributed by atoms with van der Waals surface area (Å²) in [6, 6.07) is 0. The van der Waals surface area contributed by atoms with Gasteiger partial charge >= 0.3 is 0 Å². The van der Waals surface area contributed by atoms with Crippen LogP contribution in [-0.4, -0.2) is 0 Å². The maximum atomic E-state index is 2.51. The molecule has 2 saturated carbocycles. The zero-order chi connectivity index (χ0) is 11.9. The summed E-state index contributed by atoms with van der Waals surface area (Å²) in [5.74, 6) is 5.99. The van der Waals surface area contributed by atoms with Gasteiger partial charge in [-0.1, -0.05) is 37.1 Å². The van der Waals surface area contributed by atoms with Gasteiger partial charge < -0.3 is 0 Å². The van der Waals surface area contributed by atoms with Gasteiger partial charge in [0.1, 0.15) is 0 Å². The second-order valence-electron chi connectivity index (χ2n) is 7.37. The quantitative estimate of drug-likeness (QED) is 0.471. The van der Waals surface area contributed by atoms with Crippen molar-refractivity contribution in [1.82, 2.24) is 0 Å². The molecule has 2 fully saturated rings. The Kier molecular flexibility index (Phi) is 2.86. The van der Waals surface area contributed by atoms with Crippen LogP contribution in [0.15, 0.2) is 24.3 Å². The van der Waals surface area contributed by atoms with Crippen molar-refractivity contribution in [2.24, 2.45) is 35.5 Å². The Bertz CT molecular complexity index is 328. The monoisotopic (exact) mass is 242 g/mol. The van der Waals surface area contributed by atoms with E-state index in [9.17, 15) is 0 Å². The van der Waals surface area contributed by atoms with E-state index in [0.717, 1.165) is 35.5 Å². The van der Waals surface area contributed by atoms with Crippen molar-refractivity contribution < 1.29 is 0 Å². The summed E-state index contributed by atoms with van der Waals surface area (Å²) in [4.78, 5) is 0. The van der Waals surface area contributed by atoms with Crippen LogP contribution in [0.2, 0.25) is 0 Å². The first kappa shape index (κ1) is 11.3. The number of unbranched alkanes of at least 4 members (excludes halogenated alkanes) is 1. The lowest BCUT2D eigenvalue weighted by molar-refractivity contribution is 0.360. The van der Waals surface area contributed by atoms with Gasteiger partial charge in [-0.25, -0.2) is 0 Å². The van der Waals surface area contributed by atoms with E-state index in [4.69, 9.17) is 0 Å². The minimum absolute atomic E-state index is 0.968. The van der Waals surface area contributed by atoms with Gasteiger partial charge in [0, 0.05) is 0 Å². The number of hydrogen-bond donors (Lipinski definition) is 0. The highest BCUT2D eigenvalue weighted by Crippen LogP contribution is 2.47. The lowest BCUT2D eigenvalue weighted by Gasteiger charge is -2.20. The van der Waals surface area contributed by atoms with Crippen LogP contribution < -0.4 is 0 Å². The van der Waals surface area contributed by atoms with Crippen LogP contribution in [0, 0.1) is 35.5 Å². The van der Waals surface area contributed by atoms with E-state index in [1.165, 1.54) is 51.4 Å². The third-order valence-electron chi connectivity index (χ3n) is 6.23. The molecule has 0 heterocycles. The van der Waals surface area contributed by atoms with Crippen LogP contribution in [0.1, 0.15) is 51.4 Å². The Morgan fingerprint density at radius 1 is 0.611 bits per heavy atom. The van der Waals surface area contributed by atoms with Gasteiger partial charge in [0.15, 0.2) is 0 Å². The zero-order valence-corrected chi connectivity index (χ0v) is 11.4. The molecule has 4 aliphatic carbocycles. The van der Waals surface area contributed by atoms with Crippen LogP contribution in [-0.2, 0) is 0 Å². The fourth-order valence-electron chi connectivity index (χ4n) is 5.27. The van der Waals surface area contributed by atoms with E-state index in [-0.39, 0.29) is 0 Å². The predicted molar refractivity (Wildman–Crippen MR) is 76.2 cm³/mol. The molecule has 0 aromatic carbocycles. The first-order valence-corrected chi connectivity index (χ1v) is 8.25.